The van der Waals surface area contributed by atoms with Crippen molar-refractivity contribution in [2.75, 3.05) is 0 Å². The Kier molecular flexibility index (Phi) is 4.02. The molecule has 1 fully saturated rings. The molecule has 1 N–H and O–H groups in total. The fourth-order valence-corrected chi connectivity index (χ4v) is 2.78. The van der Waals surface area contributed by atoms with E-state index in [0.717, 1.165) is 5.56 Å². The number of ether oxygens (including phenoxy) is 1. The van der Waals surface area contributed by atoms with Gasteiger partial charge in [-0.25, -0.2) is 4.79 Å². The molecule has 1 amide bonds. The minimum absolute atomic E-state index is 0.308. The van der Waals surface area contributed by atoms with Crippen molar-refractivity contribution < 1.29 is 19.4 Å². The van der Waals surface area contributed by atoms with Crippen LogP contribution < -0.4 is 4.74 Å². The van der Waals surface area contributed by atoms with Crippen molar-refractivity contribution in [1.29, 1.82) is 0 Å². The molecule has 0 bridgehead atoms. The monoisotopic (exact) mass is 311 g/mol. The van der Waals surface area contributed by atoms with Crippen molar-refractivity contribution in [2.45, 2.75) is 25.1 Å². The quantitative estimate of drug-likeness (QED) is 0.862. The molecule has 1 saturated heterocycles. The van der Waals surface area contributed by atoms with E-state index in [0.29, 0.717) is 5.75 Å². The van der Waals surface area contributed by atoms with Crippen LogP contribution in [0.25, 0.3) is 0 Å². The number of likely N-dealkylation sites (tertiary alicyclic amines) is 1. The number of amides is 1. The molecule has 0 aliphatic carbocycles. The van der Waals surface area contributed by atoms with E-state index >= 15 is 0 Å². The number of hydrogen-bond acceptors (Lipinski definition) is 3. The lowest BCUT2D eigenvalue weighted by Gasteiger charge is -2.48. The Balaban J connectivity index is 1.89. The highest BCUT2D eigenvalue weighted by molar-refractivity contribution is 5.93. The summed E-state index contributed by atoms with van der Waals surface area (Å²) >= 11 is 0. The van der Waals surface area contributed by atoms with Gasteiger partial charge in [0.2, 0.25) is 6.10 Å². The molecule has 0 radical (unpaired) electrons. The predicted molar refractivity (Wildman–Crippen MR) is 84.0 cm³/mol. The lowest BCUT2D eigenvalue weighted by molar-refractivity contribution is -0.175. The summed E-state index contributed by atoms with van der Waals surface area (Å²) in [6.07, 6.45) is -0.707. The molecular formula is C18H17NO4. The molecule has 2 aromatic rings. The Morgan fingerprint density at radius 3 is 2.22 bits per heavy atom. The number of rotatable bonds is 5. The van der Waals surface area contributed by atoms with Gasteiger partial charge in [0.15, 0.2) is 0 Å². The topological polar surface area (TPSA) is 66.8 Å². The number of carboxylic acid groups (broad SMARTS) is 1. The molecule has 3 unspecified atom stereocenters. The van der Waals surface area contributed by atoms with Crippen LogP contribution in [0.2, 0.25) is 0 Å². The van der Waals surface area contributed by atoms with Gasteiger partial charge < -0.3 is 14.7 Å². The average molecular weight is 311 g/mol. The minimum atomic E-state index is -1.03. The molecule has 3 atom stereocenters. The van der Waals surface area contributed by atoms with Crippen LogP contribution in [-0.4, -0.2) is 34.0 Å². The first-order valence-corrected chi connectivity index (χ1v) is 7.41. The zero-order valence-corrected chi connectivity index (χ0v) is 12.6. The molecule has 2 aromatic carbocycles. The summed E-state index contributed by atoms with van der Waals surface area (Å²) in [4.78, 5) is 25.1. The predicted octanol–water partition coefficient (Wildman–Crippen LogP) is 2.49. The van der Waals surface area contributed by atoms with Crippen molar-refractivity contribution in [3.63, 3.8) is 0 Å². The Bertz CT molecular complexity index is 701. The number of carbonyl (C=O) groups is 2. The molecule has 1 aliphatic rings. The Morgan fingerprint density at radius 1 is 1.09 bits per heavy atom. The van der Waals surface area contributed by atoms with E-state index in [-0.39, 0.29) is 5.91 Å². The molecule has 0 aromatic heterocycles. The molecule has 5 nitrogen and oxygen atoms in total. The van der Waals surface area contributed by atoms with Crippen molar-refractivity contribution >= 4 is 11.9 Å². The zero-order chi connectivity index (χ0) is 16.4. The van der Waals surface area contributed by atoms with Crippen LogP contribution in [0.1, 0.15) is 18.5 Å². The number of carboxylic acids is 1. The van der Waals surface area contributed by atoms with Crippen LogP contribution >= 0.6 is 0 Å². The lowest BCUT2D eigenvalue weighted by atomic mass is 9.88. The highest BCUT2D eigenvalue weighted by Crippen LogP contribution is 2.39. The Morgan fingerprint density at radius 2 is 1.65 bits per heavy atom. The van der Waals surface area contributed by atoms with Gasteiger partial charge >= 0.3 is 5.97 Å². The van der Waals surface area contributed by atoms with Crippen molar-refractivity contribution in [2.24, 2.45) is 0 Å². The summed E-state index contributed by atoms with van der Waals surface area (Å²) in [5.41, 5.74) is 0.862. The first-order chi connectivity index (χ1) is 11.1. The second kappa shape index (κ2) is 6.12. The molecule has 1 heterocycles. The molecular weight excluding hydrogens is 294 g/mol. The minimum Gasteiger partial charge on any atom is -0.480 e. The highest BCUT2D eigenvalue weighted by Gasteiger charge is 2.53. The summed E-state index contributed by atoms with van der Waals surface area (Å²) in [5.74, 6) is -0.746. The molecule has 0 spiro atoms. The van der Waals surface area contributed by atoms with E-state index < -0.39 is 24.2 Å². The summed E-state index contributed by atoms with van der Waals surface area (Å²) in [6, 6.07) is 17.1. The second-order valence-corrected chi connectivity index (χ2v) is 5.47. The normalized spacial score (nSPS) is 21.4. The van der Waals surface area contributed by atoms with Gasteiger partial charge in [-0.1, -0.05) is 48.5 Å². The van der Waals surface area contributed by atoms with Crippen LogP contribution in [-0.2, 0) is 9.59 Å². The SMILES string of the molecule is CC(C(=O)O)N1C(=O)C(Oc2ccccc2)C1c1ccccc1. The van der Waals surface area contributed by atoms with Crippen LogP contribution in [0.15, 0.2) is 60.7 Å². The maximum atomic E-state index is 12.4. The zero-order valence-electron chi connectivity index (χ0n) is 12.6. The first-order valence-electron chi connectivity index (χ1n) is 7.41. The molecule has 23 heavy (non-hydrogen) atoms. The summed E-state index contributed by atoms with van der Waals surface area (Å²) in [7, 11) is 0. The molecule has 118 valence electrons. The molecule has 3 rings (SSSR count). The van der Waals surface area contributed by atoms with Gasteiger partial charge in [0.25, 0.3) is 5.91 Å². The van der Waals surface area contributed by atoms with Gasteiger partial charge in [0.1, 0.15) is 17.8 Å². The summed E-state index contributed by atoms with van der Waals surface area (Å²) in [5, 5.41) is 9.24. The standard InChI is InChI=1S/C18H17NO4/c1-12(18(21)22)19-15(13-8-4-2-5-9-13)16(17(19)20)23-14-10-6-3-7-11-14/h2-12,15-16H,1H3,(H,21,22). The number of nitrogens with zero attached hydrogens (tertiary/aromatic N) is 1. The van der Waals surface area contributed by atoms with E-state index in [9.17, 15) is 14.7 Å². The Labute approximate surface area is 134 Å². The van der Waals surface area contributed by atoms with Crippen molar-refractivity contribution in [3.05, 3.63) is 66.2 Å². The highest BCUT2D eigenvalue weighted by atomic mass is 16.5. The number of carbonyl (C=O) groups excluding carboxylic acids is 1. The van der Waals surface area contributed by atoms with Crippen LogP contribution in [0.4, 0.5) is 0 Å². The maximum Gasteiger partial charge on any atom is 0.326 e. The van der Waals surface area contributed by atoms with Gasteiger partial charge in [-0.15, -0.1) is 0 Å². The molecule has 5 heteroatoms. The Hall–Kier alpha value is -2.82. The van der Waals surface area contributed by atoms with Gasteiger partial charge in [-0.2, -0.15) is 0 Å². The number of β-lactam (4-membered cyclic amide) rings is 1. The number of para-hydroxylation sites is 1. The van der Waals surface area contributed by atoms with E-state index in [1.165, 1.54) is 11.8 Å². The van der Waals surface area contributed by atoms with E-state index in [2.05, 4.69) is 0 Å². The smallest absolute Gasteiger partial charge is 0.326 e. The van der Waals surface area contributed by atoms with Crippen molar-refractivity contribution in [1.82, 2.24) is 4.90 Å². The number of hydrogen-bond donors (Lipinski definition) is 1. The maximum absolute atomic E-state index is 12.4. The van der Waals surface area contributed by atoms with E-state index in [1.54, 1.807) is 12.1 Å². The van der Waals surface area contributed by atoms with Crippen molar-refractivity contribution in [3.8, 4) is 5.75 Å². The largest absolute Gasteiger partial charge is 0.480 e. The summed E-state index contributed by atoms with van der Waals surface area (Å²) < 4.78 is 5.81. The number of benzene rings is 2. The van der Waals surface area contributed by atoms with Crippen LogP contribution in [0, 0.1) is 0 Å². The summed E-state index contributed by atoms with van der Waals surface area (Å²) in [6.45, 7) is 1.51. The van der Waals surface area contributed by atoms with Gasteiger partial charge in [-0.05, 0) is 24.6 Å². The third kappa shape index (κ3) is 2.77. The third-order valence-corrected chi connectivity index (χ3v) is 4.01. The molecule has 1 aliphatic heterocycles. The first kappa shape index (κ1) is 15.1. The second-order valence-electron chi connectivity index (χ2n) is 5.47. The van der Waals surface area contributed by atoms with Crippen LogP contribution in [0.5, 0.6) is 5.75 Å². The lowest BCUT2D eigenvalue weighted by Crippen LogP contribution is -2.65. The van der Waals surface area contributed by atoms with Gasteiger partial charge in [-0.3, -0.25) is 4.79 Å². The third-order valence-electron chi connectivity index (χ3n) is 4.01. The molecule has 0 saturated carbocycles. The number of aliphatic carboxylic acids is 1. The fraction of sp³-hybridized carbons (Fsp3) is 0.222. The van der Waals surface area contributed by atoms with E-state index in [1.807, 2.05) is 48.5 Å². The fourth-order valence-electron chi connectivity index (χ4n) is 2.78. The van der Waals surface area contributed by atoms with Gasteiger partial charge in [0, 0.05) is 0 Å². The van der Waals surface area contributed by atoms with E-state index in [4.69, 9.17) is 4.74 Å². The van der Waals surface area contributed by atoms with Gasteiger partial charge in [0.05, 0.1) is 0 Å². The average Bonchev–Trinajstić information content (AvgIpc) is 2.58. The van der Waals surface area contributed by atoms with Crippen LogP contribution in [0.3, 0.4) is 0 Å².